The number of pyridine rings is 1. The number of amides is 1. The molecule has 0 aliphatic rings. The Morgan fingerprint density at radius 3 is 2.50 bits per heavy atom. The van der Waals surface area contributed by atoms with Crippen LogP contribution < -0.4 is 16.0 Å². The number of nitrogens with one attached hydrogen (secondary N) is 1. The van der Waals surface area contributed by atoms with E-state index >= 15 is 0 Å². The number of fused-ring (bicyclic) bond motifs is 1. The third-order valence-electron chi connectivity index (χ3n) is 3.85. The molecule has 1 amide bonds. The average Bonchev–Trinajstić information content (AvgIpc) is 2.55. The summed E-state index contributed by atoms with van der Waals surface area (Å²) in [6, 6.07) is 11.7. The molecule has 2 aromatic carbocycles. The molecule has 6 heteroatoms. The fourth-order valence-corrected chi connectivity index (χ4v) is 2.85. The van der Waals surface area contributed by atoms with Gasteiger partial charge in [0.2, 0.25) is 0 Å². The van der Waals surface area contributed by atoms with Crippen molar-refractivity contribution in [3.8, 4) is 5.88 Å². The van der Waals surface area contributed by atoms with E-state index in [2.05, 4.69) is 5.32 Å². The van der Waals surface area contributed by atoms with Crippen LogP contribution in [0.4, 0.5) is 5.69 Å². The summed E-state index contributed by atoms with van der Waals surface area (Å²) in [5.41, 5.74) is 0.851. The second-order valence-electron chi connectivity index (χ2n) is 5.53. The number of anilines is 1. The van der Waals surface area contributed by atoms with Gasteiger partial charge in [-0.3, -0.25) is 9.59 Å². The van der Waals surface area contributed by atoms with Crippen molar-refractivity contribution in [2.45, 2.75) is 6.92 Å². The number of carbonyl (C=O) groups is 1. The normalized spacial score (nSPS) is 10.8. The van der Waals surface area contributed by atoms with Crippen LogP contribution in [0.25, 0.3) is 10.8 Å². The van der Waals surface area contributed by atoms with Crippen LogP contribution in [0.5, 0.6) is 5.88 Å². The van der Waals surface area contributed by atoms with Crippen molar-refractivity contribution in [2.24, 2.45) is 7.05 Å². The molecule has 0 spiro atoms. The molecule has 0 fully saturated rings. The van der Waals surface area contributed by atoms with Crippen LogP contribution >= 0.6 is 11.6 Å². The van der Waals surface area contributed by atoms with Gasteiger partial charge < -0.3 is 15.0 Å². The Hall–Kier alpha value is -2.79. The largest absolute Gasteiger partial charge is 0.859 e. The molecule has 24 heavy (non-hydrogen) atoms. The smallest absolute Gasteiger partial charge is 0.257 e. The third kappa shape index (κ3) is 2.63. The molecule has 122 valence electrons. The number of carbonyl (C=O) groups excluding carboxylic acids is 1. The highest BCUT2D eigenvalue weighted by Gasteiger charge is 2.16. The first-order valence-corrected chi connectivity index (χ1v) is 7.64. The fourth-order valence-electron chi connectivity index (χ4n) is 2.57. The van der Waals surface area contributed by atoms with Gasteiger partial charge in [0.25, 0.3) is 11.5 Å². The van der Waals surface area contributed by atoms with E-state index in [1.165, 1.54) is 7.05 Å². The summed E-state index contributed by atoms with van der Waals surface area (Å²) in [5.74, 6) is -1.24. The number of nitrogens with zero attached hydrogens (tertiary/aromatic N) is 1. The number of halogens is 1. The molecule has 0 saturated heterocycles. The minimum Gasteiger partial charge on any atom is -0.859 e. The highest BCUT2D eigenvalue weighted by molar-refractivity contribution is 6.34. The van der Waals surface area contributed by atoms with Crippen molar-refractivity contribution in [3.05, 3.63) is 69.0 Å². The zero-order chi connectivity index (χ0) is 17.4. The monoisotopic (exact) mass is 341 g/mol. The van der Waals surface area contributed by atoms with Gasteiger partial charge >= 0.3 is 0 Å². The van der Waals surface area contributed by atoms with Crippen LogP contribution in [0, 0.1) is 6.92 Å². The van der Waals surface area contributed by atoms with Crippen LogP contribution in [0.1, 0.15) is 15.9 Å². The fraction of sp³-hybridized carbons (Fsp3) is 0.111. The van der Waals surface area contributed by atoms with Gasteiger partial charge in [0.05, 0.1) is 16.3 Å². The van der Waals surface area contributed by atoms with Crippen molar-refractivity contribution in [3.63, 3.8) is 0 Å². The molecule has 0 radical (unpaired) electrons. The van der Waals surface area contributed by atoms with Gasteiger partial charge in [-0.15, -0.1) is 0 Å². The molecular formula is C18H14ClN2O3-. The number of aryl methyl sites for hydroxylation is 1. The SMILES string of the molecule is Cc1ccc(NC(=O)c2c([O-])n(C)c(=O)c3ccccc23)c(Cl)c1. The minimum atomic E-state index is -0.639. The average molecular weight is 342 g/mol. The molecular weight excluding hydrogens is 328 g/mol. The van der Waals surface area contributed by atoms with E-state index in [-0.39, 0.29) is 5.56 Å². The molecule has 3 aromatic rings. The lowest BCUT2D eigenvalue weighted by Crippen LogP contribution is -2.26. The molecule has 0 saturated carbocycles. The lowest BCUT2D eigenvalue weighted by molar-refractivity contribution is -0.279. The summed E-state index contributed by atoms with van der Waals surface area (Å²) in [6.45, 7) is 1.88. The zero-order valence-electron chi connectivity index (χ0n) is 13.1. The molecule has 1 heterocycles. The molecule has 3 rings (SSSR count). The summed E-state index contributed by atoms with van der Waals surface area (Å²) in [5, 5.41) is 16.1. The Kier molecular flexibility index (Phi) is 4.03. The van der Waals surface area contributed by atoms with Crippen LogP contribution in [0.2, 0.25) is 5.02 Å². The first-order valence-electron chi connectivity index (χ1n) is 7.26. The van der Waals surface area contributed by atoms with E-state index < -0.39 is 17.3 Å². The van der Waals surface area contributed by atoms with E-state index in [0.717, 1.165) is 10.1 Å². The maximum absolute atomic E-state index is 12.7. The lowest BCUT2D eigenvalue weighted by atomic mass is 10.1. The Morgan fingerprint density at radius 1 is 1.17 bits per heavy atom. The highest BCUT2D eigenvalue weighted by atomic mass is 35.5. The number of rotatable bonds is 2. The molecule has 0 aliphatic carbocycles. The maximum atomic E-state index is 12.7. The van der Waals surface area contributed by atoms with Crippen LogP contribution in [0.15, 0.2) is 47.3 Å². The van der Waals surface area contributed by atoms with Gasteiger partial charge in [0.15, 0.2) is 0 Å². The van der Waals surface area contributed by atoms with Crippen LogP contribution in [0.3, 0.4) is 0 Å². The van der Waals surface area contributed by atoms with Crippen molar-refractivity contribution in [1.82, 2.24) is 4.57 Å². The standard InChI is InChI=1S/C18H15ClN2O3/c1-10-7-8-14(13(19)9-10)20-16(22)15-11-5-3-4-6-12(11)17(23)21(2)18(15)24/h3-9,24H,1-2H3,(H,20,22)/p-1. The van der Waals surface area contributed by atoms with Gasteiger partial charge in [0, 0.05) is 17.8 Å². The van der Waals surface area contributed by atoms with E-state index in [9.17, 15) is 14.7 Å². The quantitative estimate of drug-likeness (QED) is 0.778. The number of aromatic nitrogens is 1. The van der Waals surface area contributed by atoms with E-state index in [0.29, 0.717) is 21.5 Å². The highest BCUT2D eigenvalue weighted by Crippen LogP contribution is 2.26. The first-order chi connectivity index (χ1) is 11.4. The van der Waals surface area contributed by atoms with Gasteiger partial charge in [0.1, 0.15) is 0 Å². The third-order valence-corrected chi connectivity index (χ3v) is 4.16. The van der Waals surface area contributed by atoms with Crippen LogP contribution in [-0.4, -0.2) is 10.5 Å². The molecule has 0 aliphatic heterocycles. The van der Waals surface area contributed by atoms with E-state index in [4.69, 9.17) is 11.6 Å². The zero-order valence-corrected chi connectivity index (χ0v) is 13.8. The minimum absolute atomic E-state index is 0.0793. The van der Waals surface area contributed by atoms with Crippen LogP contribution in [-0.2, 0) is 7.05 Å². The maximum Gasteiger partial charge on any atom is 0.257 e. The Bertz CT molecular complexity index is 1020. The van der Waals surface area contributed by atoms with Crippen molar-refractivity contribution in [1.29, 1.82) is 0 Å². The summed E-state index contributed by atoms with van der Waals surface area (Å²) in [4.78, 5) is 24.8. The Balaban J connectivity index is 2.15. The predicted octanol–water partition coefficient (Wildman–Crippen LogP) is 2.83. The van der Waals surface area contributed by atoms with Gasteiger partial charge in [-0.05, 0) is 36.6 Å². The van der Waals surface area contributed by atoms with Gasteiger partial charge in [-0.25, -0.2) is 0 Å². The number of benzene rings is 2. The van der Waals surface area contributed by atoms with Crippen molar-refractivity contribution >= 4 is 34.0 Å². The number of hydrogen-bond donors (Lipinski definition) is 1. The molecule has 5 nitrogen and oxygen atoms in total. The summed E-state index contributed by atoms with van der Waals surface area (Å²) in [7, 11) is 1.35. The molecule has 1 N–H and O–H groups in total. The summed E-state index contributed by atoms with van der Waals surface area (Å²) >= 11 is 6.13. The van der Waals surface area contributed by atoms with Gasteiger partial charge in [-0.1, -0.05) is 35.9 Å². The number of hydrogen-bond acceptors (Lipinski definition) is 3. The molecule has 0 atom stereocenters. The summed E-state index contributed by atoms with van der Waals surface area (Å²) < 4.78 is 0.938. The topological polar surface area (TPSA) is 74.2 Å². The second kappa shape index (κ2) is 6.02. The van der Waals surface area contributed by atoms with Crippen molar-refractivity contribution < 1.29 is 9.90 Å². The van der Waals surface area contributed by atoms with E-state index in [1.807, 2.05) is 6.92 Å². The van der Waals surface area contributed by atoms with E-state index in [1.54, 1.807) is 42.5 Å². The molecule has 0 unspecified atom stereocenters. The molecule has 0 bridgehead atoms. The summed E-state index contributed by atoms with van der Waals surface area (Å²) in [6.07, 6.45) is 0. The Labute approximate surface area is 143 Å². The second-order valence-corrected chi connectivity index (χ2v) is 5.93. The predicted molar refractivity (Wildman–Crippen MR) is 92.8 cm³/mol. The Morgan fingerprint density at radius 2 is 1.83 bits per heavy atom. The lowest BCUT2D eigenvalue weighted by Gasteiger charge is -2.20. The molecule has 1 aromatic heterocycles. The van der Waals surface area contributed by atoms with Crippen molar-refractivity contribution in [2.75, 3.05) is 5.32 Å². The first kappa shape index (κ1) is 16.1. The van der Waals surface area contributed by atoms with Gasteiger partial charge in [-0.2, -0.15) is 0 Å².